The van der Waals surface area contributed by atoms with Crippen LogP contribution in [0.2, 0.25) is 0 Å². The maximum Gasteiger partial charge on any atom is 0.226 e. The van der Waals surface area contributed by atoms with E-state index in [1.807, 2.05) is 0 Å². The van der Waals surface area contributed by atoms with Crippen molar-refractivity contribution in [2.75, 3.05) is 13.2 Å². The van der Waals surface area contributed by atoms with Gasteiger partial charge < -0.3 is 19.6 Å². The minimum absolute atomic E-state index is 0.0110. The highest BCUT2D eigenvalue weighted by molar-refractivity contribution is 7.71. The van der Waals surface area contributed by atoms with E-state index < -0.39 is 23.4 Å². The van der Waals surface area contributed by atoms with Crippen LogP contribution in [0.3, 0.4) is 0 Å². The summed E-state index contributed by atoms with van der Waals surface area (Å²) in [6.07, 6.45) is 2.14. The smallest absolute Gasteiger partial charge is 0.226 e. The van der Waals surface area contributed by atoms with Gasteiger partial charge in [0.05, 0.1) is 19.1 Å². The summed E-state index contributed by atoms with van der Waals surface area (Å²) in [7, 11) is 0. The highest BCUT2D eigenvalue weighted by Crippen LogP contribution is 2.35. The molecule has 0 saturated carbocycles. The van der Waals surface area contributed by atoms with Gasteiger partial charge in [0, 0.05) is 36.0 Å². The Labute approximate surface area is 164 Å². The average molecular weight is 411 g/mol. The predicted octanol–water partition coefficient (Wildman–Crippen LogP) is 3.14. The summed E-state index contributed by atoms with van der Waals surface area (Å²) >= 11 is 5.30. The second kappa shape index (κ2) is 7.71. The van der Waals surface area contributed by atoms with E-state index in [1.54, 1.807) is 4.57 Å². The van der Waals surface area contributed by atoms with Crippen molar-refractivity contribution >= 4 is 18.1 Å². The van der Waals surface area contributed by atoms with Crippen molar-refractivity contribution in [2.45, 2.75) is 44.2 Å². The Kier molecular flexibility index (Phi) is 5.29. The molecule has 1 aromatic carbocycles. The highest BCUT2D eigenvalue weighted by atomic mass is 32.1. The van der Waals surface area contributed by atoms with Gasteiger partial charge in [-0.25, -0.2) is 13.2 Å². The van der Waals surface area contributed by atoms with E-state index in [-0.39, 0.29) is 36.9 Å². The van der Waals surface area contributed by atoms with Gasteiger partial charge in [0.15, 0.2) is 16.4 Å². The molecule has 2 aliphatic heterocycles. The molecule has 5 nitrogen and oxygen atoms in total. The van der Waals surface area contributed by atoms with E-state index in [1.165, 1.54) is 0 Å². The quantitative estimate of drug-likeness (QED) is 0.600. The van der Waals surface area contributed by atoms with Crippen molar-refractivity contribution in [3.8, 4) is 0 Å². The monoisotopic (exact) mass is 411 g/mol. The Bertz CT molecular complexity index is 966. The van der Waals surface area contributed by atoms with Gasteiger partial charge in [0.2, 0.25) is 5.91 Å². The topological polar surface area (TPSA) is 59.0 Å². The maximum absolute atomic E-state index is 14.2. The van der Waals surface area contributed by atoms with Gasteiger partial charge in [-0.1, -0.05) is 0 Å². The number of fused-ring (bicyclic) bond motifs is 1. The molecule has 1 amide bonds. The van der Waals surface area contributed by atoms with Crippen molar-refractivity contribution in [2.24, 2.45) is 0 Å². The highest BCUT2D eigenvalue weighted by Gasteiger charge is 2.32. The Morgan fingerprint density at radius 3 is 2.86 bits per heavy atom. The lowest BCUT2D eigenvalue weighted by molar-refractivity contribution is -0.122. The molecular weight excluding hydrogens is 391 g/mol. The van der Waals surface area contributed by atoms with Gasteiger partial charge in [-0.05, 0) is 43.6 Å². The van der Waals surface area contributed by atoms with E-state index >= 15 is 0 Å². The molecular formula is C19H20F3N3O2S. The minimum Gasteiger partial charge on any atom is -0.379 e. The summed E-state index contributed by atoms with van der Waals surface area (Å²) in [6, 6.07) is 1.70. The molecule has 1 aromatic heterocycles. The molecule has 2 aliphatic rings. The SMILES string of the molecule is O=C(Cc1[nH]c(=S)n2c1CC(c1c(F)ccc(F)c1F)C2)NC1CCCOC1. The molecule has 3 heterocycles. The minimum atomic E-state index is -1.16. The predicted molar refractivity (Wildman–Crippen MR) is 98.1 cm³/mol. The van der Waals surface area contributed by atoms with Gasteiger partial charge in [-0.3, -0.25) is 4.79 Å². The molecule has 1 saturated heterocycles. The van der Waals surface area contributed by atoms with Crippen LogP contribution in [0.4, 0.5) is 13.2 Å². The van der Waals surface area contributed by atoms with Crippen molar-refractivity contribution in [3.05, 3.63) is 51.3 Å². The third-order valence-corrected chi connectivity index (χ3v) is 5.69. The zero-order valence-electron chi connectivity index (χ0n) is 15.1. The zero-order valence-corrected chi connectivity index (χ0v) is 15.9. The summed E-state index contributed by atoms with van der Waals surface area (Å²) in [5, 5.41) is 2.94. The van der Waals surface area contributed by atoms with E-state index in [4.69, 9.17) is 17.0 Å². The Morgan fingerprint density at radius 2 is 2.11 bits per heavy atom. The zero-order chi connectivity index (χ0) is 19.8. The van der Waals surface area contributed by atoms with E-state index in [0.29, 0.717) is 23.7 Å². The largest absolute Gasteiger partial charge is 0.379 e. The number of benzene rings is 1. The van der Waals surface area contributed by atoms with Crippen LogP contribution in [-0.4, -0.2) is 34.7 Å². The number of carbonyl (C=O) groups is 1. The first-order chi connectivity index (χ1) is 13.4. The third-order valence-electron chi connectivity index (χ3n) is 5.37. The molecule has 2 atom stereocenters. The number of H-pyrrole nitrogens is 1. The van der Waals surface area contributed by atoms with E-state index in [2.05, 4.69) is 10.3 Å². The molecule has 0 radical (unpaired) electrons. The second-order valence-electron chi connectivity index (χ2n) is 7.28. The average Bonchev–Trinajstić information content (AvgIpc) is 3.21. The van der Waals surface area contributed by atoms with E-state index in [9.17, 15) is 18.0 Å². The third kappa shape index (κ3) is 3.60. The molecule has 2 N–H and O–H groups in total. The first kappa shape index (κ1) is 19.2. The van der Waals surface area contributed by atoms with Crippen LogP contribution in [-0.2, 0) is 28.9 Å². The Hall–Kier alpha value is -2.13. The van der Waals surface area contributed by atoms with Crippen LogP contribution in [0, 0.1) is 22.2 Å². The van der Waals surface area contributed by atoms with Crippen LogP contribution >= 0.6 is 12.2 Å². The molecule has 2 aromatic rings. The number of halogens is 3. The molecule has 4 rings (SSSR count). The molecule has 1 fully saturated rings. The second-order valence-corrected chi connectivity index (χ2v) is 7.67. The molecule has 0 bridgehead atoms. The van der Waals surface area contributed by atoms with Crippen LogP contribution in [0.15, 0.2) is 12.1 Å². The van der Waals surface area contributed by atoms with Crippen molar-refractivity contribution in [1.29, 1.82) is 0 Å². The number of ether oxygens (including phenoxy) is 1. The normalized spacial score (nSPS) is 21.5. The van der Waals surface area contributed by atoms with Crippen molar-refractivity contribution < 1.29 is 22.7 Å². The number of amides is 1. The molecule has 0 aliphatic carbocycles. The molecule has 150 valence electrons. The number of hydrogen-bond donors (Lipinski definition) is 2. The van der Waals surface area contributed by atoms with E-state index in [0.717, 1.165) is 30.7 Å². The van der Waals surface area contributed by atoms with Crippen LogP contribution in [0.25, 0.3) is 0 Å². The summed E-state index contributed by atoms with van der Waals surface area (Å²) in [5.74, 6) is -3.76. The van der Waals surface area contributed by atoms with Gasteiger partial charge in [-0.15, -0.1) is 0 Å². The lowest BCUT2D eigenvalue weighted by Gasteiger charge is -2.23. The van der Waals surface area contributed by atoms with Crippen LogP contribution in [0.5, 0.6) is 0 Å². The molecule has 0 spiro atoms. The summed E-state index contributed by atoms with van der Waals surface area (Å²) in [6.45, 7) is 1.44. The molecule has 2 unspecified atom stereocenters. The van der Waals surface area contributed by atoms with Gasteiger partial charge >= 0.3 is 0 Å². The van der Waals surface area contributed by atoms with Crippen LogP contribution < -0.4 is 5.32 Å². The Balaban J connectivity index is 1.52. The fourth-order valence-corrected chi connectivity index (χ4v) is 4.36. The summed E-state index contributed by atoms with van der Waals surface area (Å²) < 4.78 is 49.4. The van der Waals surface area contributed by atoms with Crippen molar-refractivity contribution in [3.63, 3.8) is 0 Å². The fraction of sp³-hybridized carbons (Fsp3) is 0.474. The number of imidazole rings is 1. The van der Waals surface area contributed by atoms with Crippen molar-refractivity contribution in [1.82, 2.24) is 14.9 Å². The number of nitrogens with zero attached hydrogens (tertiary/aromatic N) is 1. The van der Waals surface area contributed by atoms with Gasteiger partial charge in [0.25, 0.3) is 0 Å². The number of nitrogens with one attached hydrogen (secondary N) is 2. The lowest BCUT2D eigenvalue weighted by Crippen LogP contribution is -2.41. The fourth-order valence-electron chi connectivity index (χ4n) is 4.05. The molecule has 28 heavy (non-hydrogen) atoms. The summed E-state index contributed by atoms with van der Waals surface area (Å²) in [5.41, 5.74) is 1.08. The maximum atomic E-state index is 14.2. The Morgan fingerprint density at radius 1 is 1.32 bits per heavy atom. The standard InChI is InChI=1S/C19H20F3N3O2S/c20-12-3-4-13(21)18(22)17(12)10-6-15-14(24-19(28)25(15)8-10)7-16(26)23-11-2-1-5-27-9-11/h3-4,10-11H,1-2,5-9H2,(H,23,26)(H,24,28). The van der Waals surface area contributed by atoms with Crippen LogP contribution in [0.1, 0.15) is 35.7 Å². The number of carbonyl (C=O) groups excluding carboxylic acids is 1. The first-order valence-corrected chi connectivity index (χ1v) is 9.66. The number of aromatic nitrogens is 2. The first-order valence-electron chi connectivity index (χ1n) is 9.25. The number of aromatic amines is 1. The summed E-state index contributed by atoms with van der Waals surface area (Å²) in [4.78, 5) is 15.4. The lowest BCUT2D eigenvalue weighted by atomic mass is 9.95. The number of rotatable bonds is 4. The molecule has 9 heteroatoms. The van der Waals surface area contributed by atoms with Gasteiger partial charge in [0.1, 0.15) is 5.82 Å². The number of hydrogen-bond acceptors (Lipinski definition) is 3. The van der Waals surface area contributed by atoms with Gasteiger partial charge in [-0.2, -0.15) is 0 Å².